The molecule has 0 fully saturated rings. The second kappa shape index (κ2) is 9.56. The summed E-state index contributed by atoms with van der Waals surface area (Å²) in [5.41, 5.74) is 0.410. The van der Waals surface area contributed by atoms with Crippen LogP contribution in [0, 0.1) is 6.92 Å². The van der Waals surface area contributed by atoms with Crippen molar-refractivity contribution < 1.29 is 23.6 Å². The van der Waals surface area contributed by atoms with Gasteiger partial charge in [0.2, 0.25) is 5.89 Å². The molecule has 0 aliphatic carbocycles. The summed E-state index contributed by atoms with van der Waals surface area (Å²) in [4.78, 5) is 28.0. The van der Waals surface area contributed by atoms with E-state index in [2.05, 4.69) is 20.8 Å². The fourth-order valence-electron chi connectivity index (χ4n) is 2.26. The molecule has 0 atom stereocenters. The largest absolute Gasteiger partial charge is 0.493 e. The third kappa shape index (κ3) is 6.28. The maximum absolute atomic E-state index is 12.3. The zero-order valence-electron chi connectivity index (χ0n) is 15.9. The van der Waals surface area contributed by atoms with Crippen molar-refractivity contribution in [2.24, 2.45) is 0 Å². The van der Waals surface area contributed by atoms with Gasteiger partial charge in [-0.1, -0.05) is 5.16 Å². The molecule has 0 saturated carbocycles. The van der Waals surface area contributed by atoms with E-state index in [1.165, 1.54) is 7.11 Å². The van der Waals surface area contributed by atoms with Crippen molar-refractivity contribution in [1.82, 2.24) is 20.8 Å². The molecule has 0 spiro atoms. The third-order valence-electron chi connectivity index (χ3n) is 3.43. The van der Waals surface area contributed by atoms with Gasteiger partial charge in [0, 0.05) is 24.6 Å². The molecular formula is C18H24N4O5. The smallest absolute Gasteiger partial charge is 0.258 e. The number of methoxy groups -OCH3 is 1. The first-order valence-electron chi connectivity index (χ1n) is 8.56. The zero-order valence-corrected chi connectivity index (χ0v) is 15.9. The molecule has 2 N–H and O–H groups in total. The summed E-state index contributed by atoms with van der Waals surface area (Å²) in [6.45, 7) is 5.69. The number of nitrogens with zero attached hydrogens (tertiary/aromatic N) is 2. The molecule has 1 aromatic carbocycles. The van der Waals surface area contributed by atoms with E-state index in [4.69, 9.17) is 14.0 Å². The molecule has 9 heteroatoms. The average molecular weight is 376 g/mol. The minimum atomic E-state index is -0.270. The van der Waals surface area contributed by atoms with Crippen LogP contribution in [-0.2, 0) is 11.2 Å². The summed E-state index contributed by atoms with van der Waals surface area (Å²) in [5.74, 6) is 1.27. The van der Waals surface area contributed by atoms with Crippen LogP contribution in [0.2, 0.25) is 0 Å². The number of rotatable bonds is 9. The first-order valence-corrected chi connectivity index (χ1v) is 8.56. The Hall–Kier alpha value is -3.10. The van der Waals surface area contributed by atoms with Gasteiger partial charge in [-0.3, -0.25) is 9.59 Å². The van der Waals surface area contributed by atoms with Crippen LogP contribution in [0.5, 0.6) is 11.5 Å². The molecule has 0 bridgehead atoms. The lowest BCUT2D eigenvalue weighted by Crippen LogP contribution is -2.34. The van der Waals surface area contributed by atoms with E-state index in [0.717, 1.165) is 0 Å². The molecule has 0 aliphatic heterocycles. The molecule has 0 unspecified atom stereocenters. The first kappa shape index (κ1) is 20.2. The van der Waals surface area contributed by atoms with Crippen LogP contribution >= 0.6 is 0 Å². The summed E-state index contributed by atoms with van der Waals surface area (Å²) in [5, 5.41) is 9.20. The number of hydrogen-bond donors (Lipinski definition) is 2. The molecule has 2 aromatic rings. The molecule has 146 valence electrons. The number of carbonyl (C=O) groups excluding carboxylic acids is 2. The fraction of sp³-hybridized carbons (Fsp3) is 0.444. The van der Waals surface area contributed by atoms with E-state index >= 15 is 0 Å². The van der Waals surface area contributed by atoms with Gasteiger partial charge in [-0.2, -0.15) is 4.98 Å². The number of amides is 2. The maximum atomic E-state index is 12.3. The SMILES string of the molecule is COc1cc(C(=O)NCCc2nc(C)no2)ccc1OCC(=O)NC(C)C. The second-order valence-electron chi connectivity index (χ2n) is 6.12. The van der Waals surface area contributed by atoms with Gasteiger partial charge in [-0.25, -0.2) is 0 Å². The van der Waals surface area contributed by atoms with Crippen LogP contribution in [0.4, 0.5) is 0 Å². The lowest BCUT2D eigenvalue weighted by molar-refractivity contribution is -0.123. The van der Waals surface area contributed by atoms with Gasteiger partial charge in [0.15, 0.2) is 23.9 Å². The monoisotopic (exact) mass is 376 g/mol. The van der Waals surface area contributed by atoms with Gasteiger partial charge in [0.05, 0.1) is 7.11 Å². The van der Waals surface area contributed by atoms with E-state index in [0.29, 0.717) is 41.7 Å². The summed E-state index contributed by atoms with van der Waals surface area (Å²) < 4.78 is 15.7. The van der Waals surface area contributed by atoms with Crippen LogP contribution in [0.3, 0.4) is 0 Å². The molecule has 9 nitrogen and oxygen atoms in total. The van der Waals surface area contributed by atoms with Crippen molar-refractivity contribution in [2.45, 2.75) is 33.2 Å². The van der Waals surface area contributed by atoms with Gasteiger partial charge in [0.25, 0.3) is 11.8 Å². The van der Waals surface area contributed by atoms with Crippen LogP contribution in [0.1, 0.15) is 35.9 Å². The summed E-state index contributed by atoms with van der Waals surface area (Å²) in [7, 11) is 1.47. The Morgan fingerprint density at radius 1 is 1.26 bits per heavy atom. The topological polar surface area (TPSA) is 116 Å². The molecule has 1 heterocycles. The van der Waals surface area contributed by atoms with Gasteiger partial charge in [-0.15, -0.1) is 0 Å². The molecule has 0 aliphatic rings. The molecule has 0 radical (unpaired) electrons. The van der Waals surface area contributed by atoms with Crippen LogP contribution in [0.15, 0.2) is 22.7 Å². The number of aromatic nitrogens is 2. The molecule has 0 saturated heterocycles. The highest BCUT2D eigenvalue weighted by Gasteiger charge is 2.13. The Morgan fingerprint density at radius 2 is 2.04 bits per heavy atom. The third-order valence-corrected chi connectivity index (χ3v) is 3.43. The fourth-order valence-corrected chi connectivity index (χ4v) is 2.26. The van der Waals surface area contributed by atoms with Crippen molar-refractivity contribution in [2.75, 3.05) is 20.3 Å². The van der Waals surface area contributed by atoms with E-state index < -0.39 is 0 Å². The Kier molecular flexibility index (Phi) is 7.16. The Morgan fingerprint density at radius 3 is 2.67 bits per heavy atom. The Balaban J connectivity index is 1.91. The molecule has 1 aromatic heterocycles. The highest BCUT2D eigenvalue weighted by atomic mass is 16.5. The highest BCUT2D eigenvalue weighted by molar-refractivity contribution is 5.94. The molecule has 27 heavy (non-hydrogen) atoms. The summed E-state index contributed by atoms with van der Waals surface area (Å²) in [6.07, 6.45) is 0.440. The lowest BCUT2D eigenvalue weighted by Gasteiger charge is -2.13. The summed E-state index contributed by atoms with van der Waals surface area (Å²) >= 11 is 0. The average Bonchev–Trinajstić information content (AvgIpc) is 3.04. The van der Waals surface area contributed by atoms with Crippen LogP contribution in [0.25, 0.3) is 0 Å². The van der Waals surface area contributed by atoms with Gasteiger partial charge in [-0.05, 0) is 39.0 Å². The number of hydrogen-bond acceptors (Lipinski definition) is 7. The first-order chi connectivity index (χ1) is 12.9. The standard InChI is InChI=1S/C18H24N4O5/c1-11(2)20-16(23)10-26-14-6-5-13(9-15(14)25-4)18(24)19-8-7-17-21-12(3)22-27-17/h5-6,9,11H,7-8,10H2,1-4H3,(H,19,24)(H,20,23). The van der Waals surface area contributed by atoms with E-state index in [-0.39, 0.29) is 24.5 Å². The van der Waals surface area contributed by atoms with Gasteiger partial charge in [0.1, 0.15) is 0 Å². The molecule has 2 rings (SSSR count). The van der Waals surface area contributed by atoms with Crippen molar-refractivity contribution in [3.8, 4) is 11.5 Å². The number of aryl methyl sites for hydroxylation is 1. The zero-order chi connectivity index (χ0) is 19.8. The predicted molar refractivity (Wildman–Crippen MR) is 96.8 cm³/mol. The van der Waals surface area contributed by atoms with Crippen molar-refractivity contribution in [3.05, 3.63) is 35.5 Å². The summed E-state index contributed by atoms with van der Waals surface area (Å²) in [6, 6.07) is 4.79. The molecule has 2 amide bonds. The predicted octanol–water partition coefficient (Wildman–Crippen LogP) is 1.26. The van der Waals surface area contributed by atoms with Crippen molar-refractivity contribution in [1.29, 1.82) is 0 Å². The van der Waals surface area contributed by atoms with E-state index in [1.807, 2.05) is 13.8 Å². The molecular weight excluding hydrogens is 352 g/mol. The minimum absolute atomic E-state index is 0.0325. The minimum Gasteiger partial charge on any atom is -0.493 e. The normalized spacial score (nSPS) is 10.6. The van der Waals surface area contributed by atoms with E-state index in [9.17, 15) is 9.59 Å². The Bertz CT molecular complexity index is 788. The van der Waals surface area contributed by atoms with Gasteiger partial charge >= 0.3 is 0 Å². The highest BCUT2D eigenvalue weighted by Crippen LogP contribution is 2.28. The second-order valence-corrected chi connectivity index (χ2v) is 6.12. The van der Waals surface area contributed by atoms with E-state index in [1.54, 1.807) is 25.1 Å². The number of nitrogens with one attached hydrogen (secondary N) is 2. The maximum Gasteiger partial charge on any atom is 0.258 e. The lowest BCUT2D eigenvalue weighted by atomic mass is 10.2. The number of ether oxygens (including phenoxy) is 2. The van der Waals surface area contributed by atoms with Crippen LogP contribution in [-0.4, -0.2) is 48.3 Å². The van der Waals surface area contributed by atoms with Crippen LogP contribution < -0.4 is 20.1 Å². The Labute approximate surface area is 157 Å². The number of benzene rings is 1. The quantitative estimate of drug-likeness (QED) is 0.677. The van der Waals surface area contributed by atoms with Gasteiger partial charge < -0.3 is 24.6 Å². The van der Waals surface area contributed by atoms with Crippen molar-refractivity contribution >= 4 is 11.8 Å². The number of carbonyl (C=O) groups is 2. The van der Waals surface area contributed by atoms with Crippen molar-refractivity contribution in [3.63, 3.8) is 0 Å².